The van der Waals surface area contributed by atoms with Crippen LogP contribution in [0.2, 0.25) is 5.02 Å². The highest BCUT2D eigenvalue weighted by molar-refractivity contribution is 6.31. The third-order valence-electron chi connectivity index (χ3n) is 4.75. The number of urea groups is 1. The minimum absolute atomic E-state index is 0.184. The highest BCUT2D eigenvalue weighted by atomic mass is 35.5. The van der Waals surface area contributed by atoms with E-state index in [4.69, 9.17) is 16.3 Å². The van der Waals surface area contributed by atoms with Gasteiger partial charge in [-0.15, -0.1) is 0 Å². The number of carbonyl (C=O) groups excluding carboxylic acids is 4. The van der Waals surface area contributed by atoms with Gasteiger partial charge in [0.25, 0.3) is 11.8 Å². The third kappa shape index (κ3) is 5.69. The zero-order valence-electron chi connectivity index (χ0n) is 16.8. The van der Waals surface area contributed by atoms with Crippen LogP contribution in [0.1, 0.15) is 45.6 Å². The Bertz CT molecular complexity index is 800. The molecule has 0 saturated carbocycles. The lowest BCUT2D eigenvalue weighted by molar-refractivity contribution is -0.156. The van der Waals surface area contributed by atoms with E-state index in [9.17, 15) is 19.2 Å². The number of nitrogens with one attached hydrogen (secondary N) is 2. The summed E-state index contributed by atoms with van der Waals surface area (Å²) in [5.41, 5.74) is -0.294. The number of nitrogens with zero attached hydrogens (tertiary/aromatic N) is 1. The van der Waals surface area contributed by atoms with Gasteiger partial charge in [0.05, 0.1) is 0 Å². The van der Waals surface area contributed by atoms with Crippen molar-refractivity contribution in [2.24, 2.45) is 0 Å². The topological polar surface area (TPSA) is 105 Å². The van der Waals surface area contributed by atoms with E-state index in [-0.39, 0.29) is 6.54 Å². The molecule has 0 aliphatic carbocycles. The van der Waals surface area contributed by atoms with Crippen molar-refractivity contribution in [1.82, 2.24) is 15.5 Å². The monoisotopic (exact) mass is 423 g/mol. The standard InChI is InChI=1S/C20H26ClN3O5/c1-4-5-10-20(3)18(27)24(19(28)23-20)12-16(25)29-13(2)17(26)22-11-14-8-6-7-9-15(14)21/h6-9,13H,4-5,10-12H2,1-3H3,(H,22,26)(H,23,28)/t13-,20+/m0/s1. The molecular formula is C20H26ClN3O5. The number of halogens is 1. The van der Waals surface area contributed by atoms with Gasteiger partial charge < -0.3 is 15.4 Å². The van der Waals surface area contributed by atoms with Gasteiger partial charge in [0.2, 0.25) is 0 Å². The van der Waals surface area contributed by atoms with Crippen LogP contribution in [0.15, 0.2) is 24.3 Å². The van der Waals surface area contributed by atoms with Gasteiger partial charge >= 0.3 is 12.0 Å². The van der Waals surface area contributed by atoms with E-state index < -0.39 is 42.0 Å². The third-order valence-corrected chi connectivity index (χ3v) is 5.12. The SMILES string of the molecule is CCCC[C@@]1(C)NC(=O)N(CC(=O)O[C@@H](C)C(=O)NCc2ccccc2Cl)C1=O. The lowest BCUT2D eigenvalue weighted by atomic mass is 9.95. The first-order valence-corrected chi connectivity index (χ1v) is 9.90. The Kier molecular flexibility index (Phi) is 7.61. The molecule has 2 rings (SSSR count). The molecule has 0 bridgehead atoms. The predicted octanol–water partition coefficient (Wildman–Crippen LogP) is 2.39. The number of hydrogen-bond acceptors (Lipinski definition) is 5. The smallest absolute Gasteiger partial charge is 0.327 e. The molecular weight excluding hydrogens is 398 g/mol. The zero-order chi connectivity index (χ0) is 21.6. The van der Waals surface area contributed by atoms with Crippen molar-refractivity contribution >= 4 is 35.4 Å². The van der Waals surface area contributed by atoms with Crippen LogP contribution in [0.4, 0.5) is 4.79 Å². The lowest BCUT2D eigenvalue weighted by Crippen LogP contribution is -2.44. The summed E-state index contributed by atoms with van der Waals surface area (Å²) in [4.78, 5) is 49.8. The summed E-state index contributed by atoms with van der Waals surface area (Å²) in [6.07, 6.45) is 1.04. The molecule has 0 spiro atoms. The Balaban J connectivity index is 1.86. The molecule has 1 aliphatic heterocycles. The minimum Gasteiger partial charge on any atom is -0.451 e. The highest BCUT2D eigenvalue weighted by Crippen LogP contribution is 2.23. The molecule has 1 aromatic carbocycles. The lowest BCUT2D eigenvalue weighted by Gasteiger charge is -2.21. The molecule has 2 atom stereocenters. The first kappa shape index (κ1) is 22.7. The van der Waals surface area contributed by atoms with E-state index >= 15 is 0 Å². The molecule has 1 heterocycles. The number of unbranched alkanes of at least 4 members (excludes halogenated alkanes) is 1. The Morgan fingerprint density at radius 3 is 2.66 bits per heavy atom. The van der Waals surface area contributed by atoms with E-state index in [1.807, 2.05) is 6.92 Å². The number of ether oxygens (including phenoxy) is 1. The Labute approximate surface area is 174 Å². The van der Waals surface area contributed by atoms with Crippen molar-refractivity contribution in [2.75, 3.05) is 6.54 Å². The summed E-state index contributed by atoms with van der Waals surface area (Å²) in [6, 6.07) is 6.41. The number of imide groups is 1. The van der Waals surface area contributed by atoms with Gasteiger partial charge in [-0.05, 0) is 31.9 Å². The van der Waals surface area contributed by atoms with Crippen molar-refractivity contribution in [3.8, 4) is 0 Å². The molecule has 1 aromatic rings. The summed E-state index contributed by atoms with van der Waals surface area (Å²) in [5, 5.41) is 5.78. The maximum absolute atomic E-state index is 12.5. The highest BCUT2D eigenvalue weighted by Gasteiger charge is 2.48. The fraction of sp³-hybridized carbons (Fsp3) is 0.500. The number of esters is 1. The van der Waals surface area contributed by atoms with E-state index in [1.165, 1.54) is 6.92 Å². The number of amides is 4. The molecule has 1 aliphatic rings. The van der Waals surface area contributed by atoms with Crippen LogP contribution in [-0.2, 0) is 25.7 Å². The zero-order valence-corrected chi connectivity index (χ0v) is 17.5. The van der Waals surface area contributed by atoms with Gasteiger partial charge in [0.15, 0.2) is 6.10 Å². The first-order valence-electron chi connectivity index (χ1n) is 9.52. The molecule has 158 valence electrons. The van der Waals surface area contributed by atoms with Crippen LogP contribution < -0.4 is 10.6 Å². The van der Waals surface area contributed by atoms with Crippen LogP contribution in [0.3, 0.4) is 0 Å². The summed E-state index contributed by atoms with van der Waals surface area (Å²) < 4.78 is 5.08. The molecule has 1 saturated heterocycles. The van der Waals surface area contributed by atoms with Crippen LogP contribution in [0, 0.1) is 0 Å². The van der Waals surface area contributed by atoms with Crippen molar-refractivity contribution in [1.29, 1.82) is 0 Å². The maximum atomic E-state index is 12.5. The van der Waals surface area contributed by atoms with Gasteiger partial charge in [-0.1, -0.05) is 49.6 Å². The van der Waals surface area contributed by atoms with Crippen molar-refractivity contribution in [2.45, 2.75) is 58.2 Å². The summed E-state index contributed by atoms with van der Waals surface area (Å²) in [6.45, 7) is 4.67. The average Bonchev–Trinajstić information content (AvgIpc) is 2.88. The fourth-order valence-corrected chi connectivity index (χ4v) is 3.18. The molecule has 1 fully saturated rings. The largest absolute Gasteiger partial charge is 0.451 e. The van der Waals surface area contributed by atoms with Gasteiger partial charge in [0, 0.05) is 11.6 Å². The number of carbonyl (C=O) groups is 4. The number of rotatable bonds is 9. The van der Waals surface area contributed by atoms with E-state index in [1.54, 1.807) is 31.2 Å². The molecule has 0 aromatic heterocycles. The van der Waals surface area contributed by atoms with Gasteiger partial charge in [-0.25, -0.2) is 4.79 Å². The van der Waals surface area contributed by atoms with E-state index in [2.05, 4.69) is 10.6 Å². The molecule has 2 N–H and O–H groups in total. The van der Waals surface area contributed by atoms with Crippen molar-refractivity contribution < 1.29 is 23.9 Å². The van der Waals surface area contributed by atoms with Crippen LogP contribution in [0.5, 0.6) is 0 Å². The average molecular weight is 424 g/mol. The summed E-state index contributed by atoms with van der Waals surface area (Å²) in [7, 11) is 0. The second-order valence-corrected chi connectivity index (χ2v) is 7.61. The molecule has 0 radical (unpaired) electrons. The molecule has 9 heteroatoms. The molecule has 4 amide bonds. The van der Waals surface area contributed by atoms with Crippen molar-refractivity contribution in [3.63, 3.8) is 0 Å². The van der Waals surface area contributed by atoms with E-state index in [0.29, 0.717) is 11.4 Å². The van der Waals surface area contributed by atoms with E-state index in [0.717, 1.165) is 23.3 Å². The van der Waals surface area contributed by atoms with Crippen LogP contribution >= 0.6 is 11.6 Å². The van der Waals surface area contributed by atoms with Crippen LogP contribution in [0.25, 0.3) is 0 Å². The summed E-state index contributed by atoms with van der Waals surface area (Å²) in [5.74, 6) is -1.82. The second kappa shape index (κ2) is 9.73. The molecule has 8 nitrogen and oxygen atoms in total. The Morgan fingerprint density at radius 2 is 2.00 bits per heavy atom. The van der Waals surface area contributed by atoms with Gasteiger partial charge in [-0.3, -0.25) is 19.3 Å². The second-order valence-electron chi connectivity index (χ2n) is 7.20. The number of hydrogen-bond donors (Lipinski definition) is 2. The van der Waals surface area contributed by atoms with Gasteiger partial charge in [0.1, 0.15) is 12.1 Å². The molecule has 0 unspecified atom stereocenters. The number of benzene rings is 1. The van der Waals surface area contributed by atoms with Crippen LogP contribution in [-0.4, -0.2) is 46.9 Å². The quantitative estimate of drug-likeness (QED) is 0.468. The molecule has 29 heavy (non-hydrogen) atoms. The fourth-order valence-electron chi connectivity index (χ4n) is 2.98. The predicted molar refractivity (Wildman–Crippen MR) is 107 cm³/mol. The van der Waals surface area contributed by atoms with Gasteiger partial charge in [-0.2, -0.15) is 0 Å². The maximum Gasteiger partial charge on any atom is 0.327 e. The minimum atomic E-state index is -1.09. The Hall–Kier alpha value is -2.61. The normalized spacial score (nSPS) is 19.7. The Morgan fingerprint density at radius 1 is 1.31 bits per heavy atom. The first-order chi connectivity index (χ1) is 13.7. The van der Waals surface area contributed by atoms with Crippen molar-refractivity contribution in [3.05, 3.63) is 34.9 Å². The summed E-state index contributed by atoms with van der Waals surface area (Å²) >= 11 is 6.04.